The average molecular weight is 403 g/mol. The Labute approximate surface area is 180 Å². The van der Waals surface area contributed by atoms with Crippen molar-refractivity contribution in [2.75, 3.05) is 4.90 Å². The number of hydrogen-bond acceptors (Lipinski definition) is 4. The van der Waals surface area contributed by atoms with Gasteiger partial charge in [-0.15, -0.1) is 0 Å². The monoisotopic (exact) mass is 403 g/mol. The zero-order valence-corrected chi connectivity index (χ0v) is 17.0. The van der Waals surface area contributed by atoms with Crippen LogP contribution in [-0.2, 0) is 19.6 Å². The Kier molecular flexibility index (Phi) is 4.24. The van der Waals surface area contributed by atoms with E-state index in [1.54, 1.807) is 6.33 Å². The molecule has 5 nitrogen and oxygen atoms in total. The molecule has 0 amide bonds. The third kappa shape index (κ3) is 3.24. The zero-order chi connectivity index (χ0) is 20.6. The standard InChI is InChI=1S/C26H21N5/c1-3-7-19(8-4-1)14-31-18-29-25-24(27-17-28-26(25)31)20-11-12-21-15-30(16-22(21)13-20)23-9-5-2-6-10-23/h1-13,17-18H,14-16H2. The van der Waals surface area contributed by atoms with Crippen LogP contribution in [0.25, 0.3) is 22.4 Å². The number of rotatable bonds is 4. The van der Waals surface area contributed by atoms with E-state index < -0.39 is 0 Å². The normalized spacial score (nSPS) is 13.0. The van der Waals surface area contributed by atoms with Crippen molar-refractivity contribution in [2.45, 2.75) is 19.6 Å². The number of imidazole rings is 1. The molecule has 1 aliphatic rings. The topological polar surface area (TPSA) is 46.8 Å². The number of para-hydroxylation sites is 1. The lowest BCUT2D eigenvalue weighted by molar-refractivity contribution is 0.813. The third-order valence-electron chi connectivity index (χ3n) is 5.92. The molecule has 5 aromatic rings. The van der Waals surface area contributed by atoms with Gasteiger partial charge < -0.3 is 9.47 Å². The first kappa shape index (κ1) is 17.8. The van der Waals surface area contributed by atoms with Crippen molar-refractivity contribution < 1.29 is 0 Å². The molecule has 0 unspecified atom stereocenters. The SMILES string of the molecule is c1ccc(Cn2cnc3c(-c4ccc5c(c4)CN(c4ccccc4)C5)ncnc32)cc1. The van der Waals surface area contributed by atoms with Gasteiger partial charge in [0, 0.05) is 24.3 Å². The first-order valence-corrected chi connectivity index (χ1v) is 10.5. The van der Waals surface area contributed by atoms with Crippen molar-refractivity contribution >= 4 is 16.9 Å². The summed E-state index contributed by atoms with van der Waals surface area (Å²) in [5, 5.41) is 0. The van der Waals surface area contributed by atoms with Gasteiger partial charge >= 0.3 is 0 Å². The second-order valence-corrected chi connectivity index (χ2v) is 7.93. The second kappa shape index (κ2) is 7.36. The van der Waals surface area contributed by atoms with Gasteiger partial charge in [0.05, 0.1) is 12.9 Å². The Hall–Kier alpha value is -3.99. The van der Waals surface area contributed by atoms with Crippen LogP contribution in [0, 0.1) is 0 Å². The number of benzene rings is 3. The molecule has 150 valence electrons. The number of aromatic nitrogens is 4. The predicted molar refractivity (Wildman–Crippen MR) is 123 cm³/mol. The second-order valence-electron chi connectivity index (χ2n) is 7.93. The quantitative estimate of drug-likeness (QED) is 0.421. The summed E-state index contributed by atoms with van der Waals surface area (Å²) in [6, 6.07) is 27.6. The number of hydrogen-bond donors (Lipinski definition) is 0. The molecule has 0 atom stereocenters. The van der Waals surface area contributed by atoms with E-state index >= 15 is 0 Å². The van der Waals surface area contributed by atoms with Crippen molar-refractivity contribution in [2.24, 2.45) is 0 Å². The molecule has 5 heteroatoms. The fourth-order valence-electron chi connectivity index (χ4n) is 4.35. The molecule has 0 radical (unpaired) electrons. The van der Waals surface area contributed by atoms with Gasteiger partial charge in [-0.25, -0.2) is 15.0 Å². The van der Waals surface area contributed by atoms with Crippen LogP contribution in [0.2, 0.25) is 0 Å². The highest BCUT2D eigenvalue weighted by Gasteiger charge is 2.21. The van der Waals surface area contributed by atoms with E-state index in [4.69, 9.17) is 0 Å². The van der Waals surface area contributed by atoms with Crippen LogP contribution in [0.4, 0.5) is 5.69 Å². The van der Waals surface area contributed by atoms with Crippen LogP contribution in [0.5, 0.6) is 0 Å². The Morgan fingerprint density at radius 3 is 2.35 bits per heavy atom. The molecule has 3 aromatic carbocycles. The fraction of sp³-hybridized carbons (Fsp3) is 0.115. The molecule has 0 saturated heterocycles. The number of anilines is 1. The highest BCUT2D eigenvalue weighted by atomic mass is 15.1. The molecule has 0 aliphatic carbocycles. The van der Waals surface area contributed by atoms with E-state index in [1.165, 1.54) is 22.4 Å². The third-order valence-corrected chi connectivity index (χ3v) is 5.92. The van der Waals surface area contributed by atoms with Gasteiger partial charge in [0.2, 0.25) is 0 Å². The minimum Gasteiger partial charge on any atom is -0.363 e. The molecular weight excluding hydrogens is 382 g/mol. The van der Waals surface area contributed by atoms with E-state index in [2.05, 4.69) is 97.2 Å². The molecule has 2 aromatic heterocycles. The molecule has 1 aliphatic heterocycles. The van der Waals surface area contributed by atoms with Gasteiger partial charge in [-0.3, -0.25) is 0 Å². The maximum Gasteiger partial charge on any atom is 0.164 e. The highest BCUT2D eigenvalue weighted by Crippen LogP contribution is 2.32. The van der Waals surface area contributed by atoms with Gasteiger partial charge in [-0.1, -0.05) is 60.7 Å². The molecule has 0 N–H and O–H groups in total. The molecule has 0 fully saturated rings. The predicted octanol–water partition coefficient (Wildman–Crippen LogP) is 5.06. The average Bonchev–Trinajstić information content (AvgIpc) is 3.44. The van der Waals surface area contributed by atoms with Crippen LogP contribution in [0.1, 0.15) is 16.7 Å². The summed E-state index contributed by atoms with van der Waals surface area (Å²) in [6.45, 7) is 2.58. The highest BCUT2D eigenvalue weighted by molar-refractivity contribution is 5.87. The molecule has 0 bridgehead atoms. The van der Waals surface area contributed by atoms with Crippen molar-refractivity contribution in [3.63, 3.8) is 0 Å². The zero-order valence-electron chi connectivity index (χ0n) is 17.0. The summed E-state index contributed by atoms with van der Waals surface area (Å²) in [7, 11) is 0. The number of fused-ring (bicyclic) bond motifs is 2. The van der Waals surface area contributed by atoms with Gasteiger partial charge in [-0.2, -0.15) is 0 Å². The fourth-order valence-corrected chi connectivity index (χ4v) is 4.35. The smallest absolute Gasteiger partial charge is 0.164 e. The maximum absolute atomic E-state index is 4.67. The van der Waals surface area contributed by atoms with Gasteiger partial charge in [0.15, 0.2) is 5.65 Å². The molecule has 6 rings (SSSR count). The van der Waals surface area contributed by atoms with Crippen LogP contribution in [0.15, 0.2) is 91.5 Å². The van der Waals surface area contributed by atoms with Gasteiger partial charge in [0.25, 0.3) is 0 Å². The lowest BCUT2D eigenvalue weighted by Gasteiger charge is -2.17. The van der Waals surface area contributed by atoms with Crippen LogP contribution in [-0.4, -0.2) is 19.5 Å². The molecule has 31 heavy (non-hydrogen) atoms. The van der Waals surface area contributed by atoms with Crippen LogP contribution in [0.3, 0.4) is 0 Å². The Morgan fingerprint density at radius 2 is 1.52 bits per heavy atom. The lowest BCUT2D eigenvalue weighted by atomic mass is 10.0. The van der Waals surface area contributed by atoms with E-state index in [9.17, 15) is 0 Å². The van der Waals surface area contributed by atoms with E-state index in [-0.39, 0.29) is 0 Å². The lowest BCUT2D eigenvalue weighted by Crippen LogP contribution is -2.13. The summed E-state index contributed by atoms with van der Waals surface area (Å²) in [4.78, 5) is 16.2. The molecule has 0 saturated carbocycles. The van der Waals surface area contributed by atoms with Crippen molar-refractivity contribution in [1.82, 2.24) is 19.5 Å². The van der Waals surface area contributed by atoms with Crippen LogP contribution < -0.4 is 4.90 Å². The largest absolute Gasteiger partial charge is 0.363 e. The summed E-state index contributed by atoms with van der Waals surface area (Å²) in [6.07, 6.45) is 3.50. The summed E-state index contributed by atoms with van der Waals surface area (Å²) in [5.41, 5.74) is 8.87. The van der Waals surface area contributed by atoms with E-state index in [1.807, 2.05) is 12.4 Å². The van der Waals surface area contributed by atoms with Crippen molar-refractivity contribution in [3.8, 4) is 11.3 Å². The van der Waals surface area contributed by atoms with E-state index in [0.717, 1.165) is 42.1 Å². The number of nitrogens with zero attached hydrogens (tertiary/aromatic N) is 5. The Balaban J connectivity index is 1.34. The maximum atomic E-state index is 4.67. The first-order valence-electron chi connectivity index (χ1n) is 10.5. The molecular formula is C26H21N5. The summed E-state index contributed by atoms with van der Waals surface area (Å²) < 4.78 is 2.08. The van der Waals surface area contributed by atoms with Gasteiger partial charge in [0.1, 0.15) is 17.5 Å². The molecule has 3 heterocycles. The van der Waals surface area contributed by atoms with Crippen LogP contribution >= 0.6 is 0 Å². The first-order chi connectivity index (χ1) is 15.3. The summed E-state index contributed by atoms with van der Waals surface area (Å²) in [5.74, 6) is 0. The minimum atomic E-state index is 0.740. The van der Waals surface area contributed by atoms with Gasteiger partial charge in [-0.05, 0) is 34.9 Å². The van der Waals surface area contributed by atoms with E-state index in [0.29, 0.717) is 0 Å². The summed E-state index contributed by atoms with van der Waals surface area (Å²) >= 11 is 0. The Bertz CT molecular complexity index is 1360. The Morgan fingerprint density at radius 1 is 0.742 bits per heavy atom. The minimum absolute atomic E-state index is 0.740. The van der Waals surface area contributed by atoms with Crippen molar-refractivity contribution in [1.29, 1.82) is 0 Å². The molecule has 0 spiro atoms. The van der Waals surface area contributed by atoms with Crippen molar-refractivity contribution in [3.05, 3.63) is 108 Å².